The van der Waals surface area contributed by atoms with Gasteiger partial charge in [-0.05, 0) is 41.8 Å². The first-order chi connectivity index (χ1) is 9.79. The summed E-state index contributed by atoms with van der Waals surface area (Å²) in [5.74, 6) is -0.522. The monoisotopic (exact) mass is 308 g/mol. The van der Waals surface area contributed by atoms with Crippen LogP contribution in [-0.4, -0.2) is 8.42 Å². The van der Waals surface area contributed by atoms with Crippen molar-refractivity contribution in [3.63, 3.8) is 0 Å². The van der Waals surface area contributed by atoms with Crippen LogP contribution in [0.25, 0.3) is 0 Å². The number of hydrogen-bond donors (Lipinski definition) is 2. The largest absolute Gasteiger partial charge is 0.399 e. The number of nitrogens with one attached hydrogen (secondary N) is 1. The molecule has 0 aromatic heterocycles. The Labute approximate surface area is 123 Å². The Morgan fingerprint density at radius 1 is 1.10 bits per heavy atom. The fourth-order valence-corrected chi connectivity index (χ4v) is 3.00. The Kier molecular flexibility index (Phi) is 4.18. The van der Waals surface area contributed by atoms with E-state index in [-0.39, 0.29) is 5.69 Å². The molecule has 0 fully saturated rings. The SMILES string of the molecule is CC(C)c1ccc(NS(=O)(=O)c2ccc(N)cc2F)cc1. The lowest BCUT2D eigenvalue weighted by Gasteiger charge is -2.11. The van der Waals surface area contributed by atoms with Gasteiger partial charge in [-0.3, -0.25) is 4.72 Å². The highest BCUT2D eigenvalue weighted by Gasteiger charge is 2.19. The third-order valence-corrected chi connectivity index (χ3v) is 4.49. The zero-order valence-electron chi connectivity index (χ0n) is 11.8. The van der Waals surface area contributed by atoms with Crippen LogP contribution in [0.2, 0.25) is 0 Å². The standard InChI is InChI=1S/C15H17FN2O2S/c1-10(2)11-3-6-13(7-4-11)18-21(19,20)15-8-5-12(17)9-14(15)16/h3-10,18H,17H2,1-2H3. The number of nitrogens with two attached hydrogens (primary N) is 1. The molecule has 0 spiro atoms. The van der Waals surface area contributed by atoms with E-state index in [4.69, 9.17) is 5.73 Å². The highest BCUT2D eigenvalue weighted by molar-refractivity contribution is 7.92. The third-order valence-electron chi connectivity index (χ3n) is 3.08. The molecule has 0 saturated heterocycles. The summed E-state index contributed by atoms with van der Waals surface area (Å²) in [6.45, 7) is 4.09. The predicted octanol–water partition coefficient (Wildman–Crippen LogP) is 3.33. The normalized spacial score (nSPS) is 11.6. The Morgan fingerprint density at radius 2 is 1.71 bits per heavy atom. The van der Waals surface area contributed by atoms with Crippen molar-refractivity contribution in [1.82, 2.24) is 0 Å². The molecule has 2 aromatic carbocycles. The van der Waals surface area contributed by atoms with Crippen LogP contribution in [0.15, 0.2) is 47.4 Å². The van der Waals surface area contributed by atoms with Crippen LogP contribution in [0.1, 0.15) is 25.3 Å². The van der Waals surface area contributed by atoms with Crippen molar-refractivity contribution in [3.8, 4) is 0 Å². The van der Waals surface area contributed by atoms with E-state index in [1.807, 2.05) is 26.0 Å². The zero-order valence-corrected chi connectivity index (χ0v) is 12.6. The maximum absolute atomic E-state index is 13.7. The van der Waals surface area contributed by atoms with Gasteiger partial charge in [0, 0.05) is 11.4 Å². The molecule has 2 rings (SSSR count). The number of rotatable bonds is 4. The van der Waals surface area contributed by atoms with Gasteiger partial charge >= 0.3 is 0 Å². The molecular formula is C15H17FN2O2S. The molecule has 4 nitrogen and oxygen atoms in total. The number of halogens is 1. The van der Waals surface area contributed by atoms with Crippen LogP contribution < -0.4 is 10.5 Å². The highest BCUT2D eigenvalue weighted by Crippen LogP contribution is 2.22. The first-order valence-corrected chi connectivity index (χ1v) is 7.96. The molecule has 6 heteroatoms. The van der Waals surface area contributed by atoms with Gasteiger partial charge in [-0.2, -0.15) is 0 Å². The maximum Gasteiger partial charge on any atom is 0.264 e. The molecule has 0 atom stereocenters. The summed E-state index contributed by atoms with van der Waals surface area (Å²) in [4.78, 5) is -0.426. The van der Waals surface area contributed by atoms with Crippen LogP contribution in [0.4, 0.5) is 15.8 Å². The van der Waals surface area contributed by atoms with Gasteiger partial charge in [0.1, 0.15) is 10.7 Å². The van der Waals surface area contributed by atoms with Crippen LogP contribution in [0.3, 0.4) is 0 Å². The summed E-state index contributed by atoms with van der Waals surface area (Å²) in [5, 5.41) is 0. The van der Waals surface area contributed by atoms with Crippen molar-refractivity contribution in [2.45, 2.75) is 24.7 Å². The summed E-state index contributed by atoms with van der Waals surface area (Å²) < 4.78 is 40.4. The van der Waals surface area contributed by atoms with Crippen molar-refractivity contribution >= 4 is 21.4 Å². The van der Waals surface area contributed by atoms with Crippen LogP contribution in [0, 0.1) is 5.82 Å². The molecule has 2 aromatic rings. The van der Waals surface area contributed by atoms with Gasteiger partial charge < -0.3 is 5.73 Å². The van der Waals surface area contributed by atoms with E-state index >= 15 is 0 Å². The molecule has 0 aliphatic carbocycles. The second kappa shape index (κ2) is 5.73. The minimum absolute atomic E-state index is 0.174. The van der Waals surface area contributed by atoms with Crippen LogP contribution in [-0.2, 0) is 10.0 Å². The fourth-order valence-electron chi connectivity index (χ4n) is 1.88. The lowest BCUT2D eigenvalue weighted by atomic mass is 10.0. The van der Waals surface area contributed by atoms with Crippen LogP contribution >= 0.6 is 0 Å². The molecule has 0 saturated carbocycles. The van der Waals surface area contributed by atoms with E-state index in [0.29, 0.717) is 11.6 Å². The Balaban J connectivity index is 2.28. The zero-order chi connectivity index (χ0) is 15.6. The van der Waals surface area contributed by atoms with Gasteiger partial charge in [-0.25, -0.2) is 12.8 Å². The average molecular weight is 308 g/mol. The lowest BCUT2D eigenvalue weighted by Crippen LogP contribution is -2.14. The molecule has 0 unspecified atom stereocenters. The van der Waals surface area contributed by atoms with Gasteiger partial charge in [-0.15, -0.1) is 0 Å². The Bertz CT molecular complexity index is 741. The topological polar surface area (TPSA) is 72.2 Å². The van der Waals surface area contributed by atoms with Gasteiger partial charge in [0.15, 0.2) is 0 Å². The van der Waals surface area contributed by atoms with E-state index in [2.05, 4.69) is 4.72 Å². The molecule has 21 heavy (non-hydrogen) atoms. The summed E-state index contributed by atoms with van der Waals surface area (Å²) >= 11 is 0. The molecule has 112 valence electrons. The van der Waals surface area contributed by atoms with Crippen molar-refractivity contribution < 1.29 is 12.8 Å². The average Bonchev–Trinajstić information content (AvgIpc) is 2.38. The second-order valence-electron chi connectivity index (χ2n) is 5.07. The smallest absolute Gasteiger partial charge is 0.264 e. The first-order valence-electron chi connectivity index (χ1n) is 6.47. The number of benzene rings is 2. The summed E-state index contributed by atoms with van der Waals surface area (Å²) in [5.41, 5.74) is 7.07. The highest BCUT2D eigenvalue weighted by atomic mass is 32.2. The number of nitrogen functional groups attached to an aromatic ring is 1. The predicted molar refractivity (Wildman–Crippen MR) is 82.2 cm³/mol. The minimum atomic E-state index is -3.97. The molecule has 0 aliphatic heterocycles. The van der Waals surface area contributed by atoms with Crippen molar-refractivity contribution in [3.05, 3.63) is 53.8 Å². The molecule has 0 radical (unpaired) electrons. The second-order valence-corrected chi connectivity index (χ2v) is 6.72. The fraction of sp³-hybridized carbons (Fsp3) is 0.200. The van der Waals surface area contributed by atoms with Gasteiger partial charge in [0.05, 0.1) is 0 Å². The van der Waals surface area contributed by atoms with E-state index < -0.39 is 20.7 Å². The molecule has 0 amide bonds. The number of sulfonamides is 1. The van der Waals surface area contributed by atoms with E-state index in [1.165, 1.54) is 6.07 Å². The van der Waals surface area contributed by atoms with Crippen molar-refractivity contribution in [2.24, 2.45) is 0 Å². The molecule has 3 N–H and O–H groups in total. The number of anilines is 2. The van der Waals surface area contributed by atoms with E-state index in [0.717, 1.165) is 17.7 Å². The Hall–Kier alpha value is -2.08. The van der Waals surface area contributed by atoms with Gasteiger partial charge in [-0.1, -0.05) is 26.0 Å². The van der Waals surface area contributed by atoms with Crippen molar-refractivity contribution in [1.29, 1.82) is 0 Å². The molecule has 0 bridgehead atoms. The van der Waals surface area contributed by atoms with Crippen LogP contribution in [0.5, 0.6) is 0 Å². The van der Waals surface area contributed by atoms with E-state index in [1.54, 1.807) is 12.1 Å². The van der Waals surface area contributed by atoms with Crippen molar-refractivity contribution in [2.75, 3.05) is 10.5 Å². The third kappa shape index (κ3) is 3.52. The van der Waals surface area contributed by atoms with Gasteiger partial charge in [0.25, 0.3) is 10.0 Å². The van der Waals surface area contributed by atoms with E-state index in [9.17, 15) is 12.8 Å². The first kappa shape index (κ1) is 15.3. The summed E-state index contributed by atoms with van der Waals surface area (Å²) in [6.07, 6.45) is 0. The summed E-state index contributed by atoms with van der Waals surface area (Å²) in [6, 6.07) is 10.5. The Morgan fingerprint density at radius 3 is 2.24 bits per heavy atom. The molecular weight excluding hydrogens is 291 g/mol. The molecule has 0 aliphatic rings. The quantitative estimate of drug-likeness (QED) is 0.851. The lowest BCUT2D eigenvalue weighted by molar-refractivity contribution is 0.571. The minimum Gasteiger partial charge on any atom is -0.399 e. The number of hydrogen-bond acceptors (Lipinski definition) is 3. The van der Waals surface area contributed by atoms with Gasteiger partial charge in [0.2, 0.25) is 0 Å². The summed E-state index contributed by atoms with van der Waals surface area (Å²) in [7, 11) is -3.97. The maximum atomic E-state index is 13.7. The molecule has 0 heterocycles.